The maximum absolute atomic E-state index is 13.4. The topological polar surface area (TPSA) is 186 Å². The number of carbonyl (C=O) groups is 2. The average molecular weight is 629 g/mol. The normalized spacial score (nSPS) is 16.3. The number of amides is 2. The minimum Gasteiger partial charge on any atom is -0.382 e. The maximum atomic E-state index is 13.4. The largest absolute Gasteiger partial charge is 0.382 e. The minimum absolute atomic E-state index is 0.0156. The molecule has 0 atom stereocenters. The number of nitrogens with one attached hydrogen (secondary N) is 2. The average Bonchev–Trinajstić information content (AvgIpc) is 3.35. The predicted octanol–water partition coefficient (Wildman–Crippen LogP) is 2.82. The number of nitrogens with zero attached hydrogens (tertiary/aromatic N) is 4. The molecule has 1 spiro atoms. The number of nitrogens with two attached hydrogens (primary N) is 2. The third-order valence-electron chi connectivity index (χ3n) is 7.71. The van der Waals surface area contributed by atoms with Gasteiger partial charge in [-0.2, -0.15) is 0 Å². The molecular formula is C28H30ClFN8O4S. The van der Waals surface area contributed by atoms with Crippen LogP contribution in [0.4, 0.5) is 16.0 Å². The maximum Gasteiger partial charge on any atom is 0.279 e. The molecule has 12 nitrogen and oxygen atoms in total. The van der Waals surface area contributed by atoms with Crippen molar-refractivity contribution in [1.29, 1.82) is 0 Å². The summed E-state index contributed by atoms with van der Waals surface area (Å²) in [7, 11) is -3.93. The van der Waals surface area contributed by atoms with E-state index in [1.807, 2.05) is 0 Å². The lowest BCUT2D eigenvalue weighted by Gasteiger charge is -2.37. The van der Waals surface area contributed by atoms with Crippen molar-refractivity contribution in [2.24, 2.45) is 4.99 Å². The highest BCUT2D eigenvalue weighted by Crippen LogP contribution is 2.36. The van der Waals surface area contributed by atoms with Gasteiger partial charge in [0.05, 0.1) is 10.4 Å². The van der Waals surface area contributed by atoms with Crippen molar-refractivity contribution in [2.75, 3.05) is 24.6 Å². The molecule has 2 amide bonds. The van der Waals surface area contributed by atoms with Crippen molar-refractivity contribution in [3.8, 4) is 0 Å². The van der Waals surface area contributed by atoms with Crippen LogP contribution in [0.3, 0.4) is 0 Å². The molecule has 3 aromatic rings. The fourth-order valence-corrected chi connectivity index (χ4v) is 6.40. The summed E-state index contributed by atoms with van der Waals surface area (Å²) in [5.41, 5.74) is 12.3. The van der Waals surface area contributed by atoms with Gasteiger partial charge in [0.25, 0.3) is 11.8 Å². The van der Waals surface area contributed by atoms with Gasteiger partial charge in [-0.15, -0.1) is 0 Å². The lowest BCUT2D eigenvalue weighted by Crippen LogP contribution is -2.45. The number of halogens is 2. The number of likely N-dealkylation sites (tertiary alicyclic amines) is 1. The Hall–Kier alpha value is -4.14. The summed E-state index contributed by atoms with van der Waals surface area (Å²) in [4.78, 5) is 40.2. The first-order valence-electron chi connectivity index (χ1n) is 13.5. The molecule has 2 aliphatic rings. The SMILES string of the molecule is Cc1cc(F)ccc1CNS(=O)(=O)c1cccc(C(=O)N2CCC3(CCC(NC(=O)c4nc(Cl)c(N)nc4N)=N3)CC2)c1. The lowest BCUT2D eigenvalue weighted by molar-refractivity contribution is 0.0672. The van der Waals surface area contributed by atoms with Crippen LogP contribution in [0.15, 0.2) is 52.4 Å². The number of aliphatic imine (C=N–C) groups is 1. The number of hydrogen-bond donors (Lipinski definition) is 4. The minimum atomic E-state index is -3.93. The highest BCUT2D eigenvalue weighted by molar-refractivity contribution is 7.89. The van der Waals surface area contributed by atoms with Gasteiger partial charge in [0, 0.05) is 31.6 Å². The first-order chi connectivity index (χ1) is 20.4. The Morgan fingerprint density at radius 3 is 2.53 bits per heavy atom. The van der Waals surface area contributed by atoms with E-state index < -0.39 is 27.3 Å². The van der Waals surface area contributed by atoms with Crippen LogP contribution in [-0.4, -0.2) is 59.6 Å². The van der Waals surface area contributed by atoms with Crippen LogP contribution in [0.5, 0.6) is 0 Å². The summed E-state index contributed by atoms with van der Waals surface area (Å²) in [6, 6.07) is 10.0. The Kier molecular flexibility index (Phi) is 8.36. The van der Waals surface area contributed by atoms with Crippen molar-refractivity contribution in [3.05, 3.63) is 75.8 Å². The lowest BCUT2D eigenvalue weighted by atomic mass is 9.86. The number of benzene rings is 2. The fourth-order valence-electron chi connectivity index (χ4n) is 5.22. The summed E-state index contributed by atoms with van der Waals surface area (Å²) in [6.45, 7) is 2.51. The summed E-state index contributed by atoms with van der Waals surface area (Å²) in [6.07, 6.45) is 2.37. The van der Waals surface area contributed by atoms with Gasteiger partial charge in [0.15, 0.2) is 22.5 Å². The van der Waals surface area contributed by atoms with E-state index in [2.05, 4.69) is 20.0 Å². The molecule has 0 saturated carbocycles. The molecule has 0 radical (unpaired) electrons. The quantitative estimate of drug-likeness (QED) is 0.321. The molecule has 43 heavy (non-hydrogen) atoms. The zero-order chi connectivity index (χ0) is 30.9. The second-order valence-electron chi connectivity index (χ2n) is 10.6. The van der Waals surface area contributed by atoms with E-state index in [1.165, 1.54) is 36.4 Å². The van der Waals surface area contributed by atoms with Crippen LogP contribution in [-0.2, 0) is 16.6 Å². The number of nitrogen functional groups attached to an aromatic ring is 2. The summed E-state index contributed by atoms with van der Waals surface area (Å²) in [5.74, 6) is -1.00. The molecule has 226 valence electrons. The van der Waals surface area contributed by atoms with Gasteiger partial charge >= 0.3 is 0 Å². The third kappa shape index (κ3) is 6.60. The first-order valence-corrected chi connectivity index (χ1v) is 15.3. The zero-order valence-corrected chi connectivity index (χ0v) is 24.8. The van der Waals surface area contributed by atoms with E-state index in [0.29, 0.717) is 55.7 Å². The van der Waals surface area contributed by atoms with Crippen molar-refractivity contribution < 1.29 is 22.4 Å². The van der Waals surface area contributed by atoms with E-state index in [4.69, 9.17) is 28.1 Å². The van der Waals surface area contributed by atoms with Crippen LogP contribution < -0.4 is 21.5 Å². The number of amidine groups is 1. The molecule has 2 aliphatic heterocycles. The highest BCUT2D eigenvalue weighted by atomic mass is 35.5. The molecule has 5 rings (SSSR count). The van der Waals surface area contributed by atoms with Crippen LogP contribution in [0.2, 0.25) is 5.15 Å². The fraction of sp³-hybridized carbons (Fsp3) is 0.321. The third-order valence-corrected chi connectivity index (χ3v) is 9.38. The Labute approximate surface area is 252 Å². The van der Waals surface area contributed by atoms with Crippen LogP contribution in [0, 0.1) is 12.7 Å². The van der Waals surface area contributed by atoms with Gasteiger partial charge < -0.3 is 21.7 Å². The molecule has 0 unspecified atom stereocenters. The van der Waals surface area contributed by atoms with Gasteiger partial charge in [0.2, 0.25) is 10.0 Å². The molecule has 2 aromatic carbocycles. The predicted molar refractivity (Wildman–Crippen MR) is 159 cm³/mol. The van der Waals surface area contributed by atoms with Crippen molar-refractivity contribution in [3.63, 3.8) is 0 Å². The van der Waals surface area contributed by atoms with Gasteiger partial charge in [-0.25, -0.2) is 27.5 Å². The number of hydrogen-bond acceptors (Lipinski definition) is 9. The number of carbonyl (C=O) groups excluding carboxylic acids is 2. The first kappa shape index (κ1) is 30.3. The van der Waals surface area contributed by atoms with Gasteiger partial charge in [-0.1, -0.05) is 23.7 Å². The van der Waals surface area contributed by atoms with Crippen molar-refractivity contribution in [1.82, 2.24) is 24.9 Å². The standard InChI is InChI=1S/C28H30ClFN8O4S/c1-16-13-19(30)6-5-18(16)15-33-43(41,42)20-4-2-3-17(14-20)27(40)38-11-9-28(10-12-38)8-7-21(37-28)34-26(39)22-24(31)36-25(32)23(29)35-22/h2-6,13-14,33H,7-12,15H2,1H3,(H4,31,32,36)(H,34,37,39). The second-order valence-corrected chi connectivity index (χ2v) is 12.7. The Morgan fingerprint density at radius 1 is 1.07 bits per heavy atom. The molecule has 0 aliphatic carbocycles. The number of anilines is 2. The molecule has 3 heterocycles. The Morgan fingerprint density at radius 2 is 1.81 bits per heavy atom. The Balaban J connectivity index is 1.20. The summed E-state index contributed by atoms with van der Waals surface area (Å²) >= 11 is 5.88. The molecular weight excluding hydrogens is 599 g/mol. The van der Waals surface area contributed by atoms with E-state index >= 15 is 0 Å². The van der Waals surface area contributed by atoms with Crippen molar-refractivity contribution in [2.45, 2.75) is 49.6 Å². The number of aryl methyl sites for hydroxylation is 1. The number of sulfonamides is 1. The number of rotatable bonds is 6. The molecule has 15 heteroatoms. The molecule has 1 aromatic heterocycles. The van der Waals surface area contributed by atoms with Gasteiger partial charge in [-0.05, 0) is 67.6 Å². The van der Waals surface area contributed by atoms with E-state index in [1.54, 1.807) is 17.9 Å². The van der Waals surface area contributed by atoms with Gasteiger partial charge in [0.1, 0.15) is 11.7 Å². The summed E-state index contributed by atoms with van der Waals surface area (Å²) < 4.78 is 41.9. The monoisotopic (exact) mass is 628 g/mol. The van der Waals surface area contributed by atoms with E-state index in [9.17, 15) is 22.4 Å². The van der Waals surface area contributed by atoms with Crippen LogP contribution in [0.25, 0.3) is 0 Å². The Bertz CT molecular complexity index is 1740. The molecule has 1 fully saturated rings. The molecule has 0 bridgehead atoms. The summed E-state index contributed by atoms with van der Waals surface area (Å²) in [5, 5.41) is 2.61. The second kappa shape index (κ2) is 11.9. The zero-order valence-electron chi connectivity index (χ0n) is 23.2. The van der Waals surface area contributed by atoms with Crippen LogP contribution in [0.1, 0.15) is 57.7 Å². The smallest absolute Gasteiger partial charge is 0.279 e. The van der Waals surface area contributed by atoms with Crippen molar-refractivity contribution >= 4 is 50.9 Å². The molecule has 1 saturated heterocycles. The van der Waals surface area contributed by atoms with E-state index in [0.717, 1.165) is 0 Å². The number of aromatic nitrogens is 2. The number of piperidine rings is 1. The van der Waals surface area contributed by atoms with E-state index in [-0.39, 0.29) is 45.4 Å². The van der Waals surface area contributed by atoms with Gasteiger partial charge in [-0.3, -0.25) is 14.6 Å². The highest BCUT2D eigenvalue weighted by Gasteiger charge is 2.40. The van der Waals surface area contributed by atoms with Crippen LogP contribution >= 0.6 is 11.6 Å². The molecule has 6 N–H and O–H groups in total.